The van der Waals surface area contributed by atoms with Gasteiger partial charge in [-0.05, 0) is 23.3 Å². The molecule has 3 aromatic rings. The highest BCUT2D eigenvalue weighted by molar-refractivity contribution is 6.30. The molecule has 0 bridgehead atoms. The summed E-state index contributed by atoms with van der Waals surface area (Å²) in [7, 11) is 0. The molecule has 1 aromatic carbocycles. The fourth-order valence-electron chi connectivity index (χ4n) is 2.52. The van der Waals surface area contributed by atoms with Gasteiger partial charge in [0.15, 0.2) is 21.9 Å². The van der Waals surface area contributed by atoms with E-state index in [0.717, 1.165) is 0 Å². The van der Waals surface area contributed by atoms with Crippen molar-refractivity contribution in [3.05, 3.63) is 70.2 Å². The summed E-state index contributed by atoms with van der Waals surface area (Å²) < 4.78 is 28.7. The Hall–Kier alpha value is -2.57. The molecule has 0 saturated carbocycles. The maximum absolute atomic E-state index is 14.4. The van der Waals surface area contributed by atoms with Crippen molar-refractivity contribution in [2.75, 3.05) is 0 Å². The maximum Gasteiger partial charge on any atom is 0.249 e. The van der Waals surface area contributed by atoms with Gasteiger partial charge < -0.3 is 5.73 Å². The monoisotopic (exact) mass is 379 g/mol. The zero-order chi connectivity index (χ0) is 18.1. The third kappa shape index (κ3) is 3.06. The highest BCUT2D eigenvalue weighted by Gasteiger charge is 2.22. The molecule has 1 amide bonds. The molecule has 0 unspecified atom stereocenters. The van der Waals surface area contributed by atoms with Crippen molar-refractivity contribution in [2.24, 2.45) is 5.73 Å². The van der Waals surface area contributed by atoms with Gasteiger partial charge in [0.2, 0.25) is 5.91 Å². The Morgan fingerprint density at radius 3 is 1.68 bits per heavy atom. The third-order valence-electron chi connectivity index (χ3n) is 3.58. The molecule has 0 fully saturated rings. The summed E-state index contributed by atoms with van der Waals surface area (Å²) >= 11 is 11.4. The van der Waals surface area contributed by atoms with Crippen LogP contribution in [0, 0.1) is 11.6 Å². The SMILES string of the molecule is NC(=O)c1c(-c2ccnc(Cl)c2F)cccc1-c1ccnc(Cl)c1F. The van der Waals surface area contributed by atoms with Crippen LogP contribution in [0.4, 0.5) is 8.78 Å². The number of benzene rings is 1. The van der Waals surface area contributed by atoms with Gasteiger partial charge in [-0.15, -0.1) is 0 Å². The molecule has 2 N–H and O–H groups in total. The molecule has 0 saturated heterocycles. The van der Waals surface area contributed by atoms with Crippen LogP contribution in [0.3, 0.4) is 0 Å². The highest BCUT2D eigenvalue weighted by atomic mass is 35.5. The number of aromatic nitrogens is 2. The lowest BCUT2D eigenvalue weighted by Gasteiger charge is -2.14. The van der Waals surface area contributed by atoms with Crippen molar-refractivity contribution in [1.29, 1.82) is 0 Å². The number of hydrogen-bond acceptors (Lipinski definition) is 3. The maximum atomic E-state index is 14.4. The number of carbonyl (C=O) groups excluding carboxylic acids is 1. The Bertz CT molecular complexity index is 926. The molecule has 0 spiro atoms. The van der Waals surface area contributed by atoms with Gasteiger partial charge in [-0.1, -0.05) is 41.4 Å². The second-order valence-corrected chi connectivity index (χ2v) is 5.74. The third-order valence-corrected chi connectivity index (χ3v) is 4.11. The van der Waals surface area contributed by atoms with Crippen LogP contribution in [0.5, 0.6) is 0 Å². The van der Waals surface area contributed by atoms with E-state index in [1.165, 1.54) is 36.7 Å². The van der Waals surface area contributed by atoms with E-state index in [-0.39, 0.29) is 38.1 Å². The lowest BCUT2D eigenvalue weighted by atomic mass is 9.91. The van der Waals surface area contributed by atoms with Crippen LogP contribution in [0.25, 0.3) is 22.3 Å². The van der Waals surface area contributed by atoms with Gasteiger partial charge >= 0.3 is 0 Å². The second-order valence-electron chi connectivity index (χ2n) is 5.02. The summed E-state index contributed by atoms with van der Waals surface area (Å²) in [6.07, 6.45) is 2.59. The van der Waals surface area contributed by atoms with Crippen molar-refractivity contribution >= 4 is 29.1 Å². The minimum absolute atomic E-state index is 0.0243. The molecule has 0 aliphatic heterocycles. The van der Waals surface area contributed by atoms with E-state index < -0.39 is 17.5 Å². The Labute approximate surface area is 151 Å². The topological polar surface area (TPSA) is 68.9 Å². The molecule has 25 heavy (non-hydrogen) atoms. The fourth-order valence-corrected chi connectivity index (χ4v) is 2.84. The molecule has 3 rings (SSSR count). The van der Waals surface area contributed by atoms with Crippen molar-refractivity contribution in [3.63, 3.8) is 0 Å². The van der Waals surface area contributed by atoms with E-state index in [1.807, 2.05) is 0 Å². The van der Waals surface area contributed by atoms with Gasteiger partial charge in [0.1, 0.15) is 0 Å². The standard InChI is InChI=1S/C17H9Cl2F2N3O/c18-15-13(20)10(4-6-23-15)8-2-1-3-9(12(8)17(22)25)11-5-7-24-16(19)14(11)21/h1-7H,(H2,22,25). The molecule has 0 atom stereocenters. The molecule has 4 nitrogen and oxygen atoms in total. The lowest BCUT2D eigenvalue weighted by Crippen LogP contribution is -2.15. The smallest absolute Gasteiger partial charge is 0.249 e. The van der Waals surface area contributed by atoms with E-state index >= 15 is 0 Å². The van der Waals surface area contributed by atoms with Crippen molar-refractivity contribution in [3.8, 4) is 22.3 Å². The highest BCUT2D eigenvalue weighted by Crippen LogP contribution is 2.36. The number of pyridine rings is 2. The second kappa shape index (κ2) is 6.74. The Morgan fingerprint density at radius 1 is 0.840 bits per heavy atom. The first-order chi connectivity index (χ1) is 11.9. The predicted molar refractivity (Wildman–Crippen MR) is 91.4 cm³/mol. The number of halogens is 4. The van der Waals surface area contributed by atoms with Gasteiger partial charge in [-0.3, -0.25) is 4.79 Å². The summed E-state index contributed by atoms with van der Waals surface area (Å²) in [4.78, 5) is 19.3. The Kier molecular flexibility index (Phi) is 4.65. The molecule has 0 aliphatic carbocycles. The van der Waals surface area contributed by atoms with Crippen molar-refractivity contribution < 1.29 is 13.6 Å². The van der Waals surface area contributed by atoms with E-state index in [1.54, 1.807) is 6.07 Å². The minimum atomic E-state index is -0.856. The molecular weight excluding hydrogens is 371 g/mol. The van der Waals surface area contributed by atoms with E-state index in [9.17, 15) is 13.6 Å². The summed E-state index contributed by atoms with van der Waals surface area (Å²) in [5.41, 5.74) is 5.80. The van der Waals surface area contributed by atoms with Crippen LogP contribution < -0.4 is 5.73 Å². The summed E-state index contributed by atoms with van der Waals surface area (Å²) in [6.45, 7) is 0. The molecule has 8 heteroatoms. The average Bonchev–Trinajstić information content (AvgIpc) is 2.59. The molecule has 2 aromatic heterocycles. The first kappa shape index (κ1) is 17.3. The van der Waals surface area contributed by atoms with Crippen LogP contribution in [-0.4, -0.2) is 15.9 Å². The van der Waals surface area contributed by atoms with Crippen LogP contribution in [0.2, 0.25) is 10.3 Å². The van der Waals surface area contributed by atoms with Gasteiger partial charge in [-0.2, -0.15) is 0 Å². The van der Waals surface area contributed by atoms with E-state index in [0.29, 0.717) is 0 Å². The van der Waals surface area contributed by atoms with Crippen LogP contribution in [0.15, 0.2) is 42.7 Å². The molecular formula is C17H9Cl2F2N3O. The normalized spacial score (nSPS) is 10.7. The van der Waals surface area contributed by atoms with Gasteiger partial charge in [0, 0.05) is 23.5 Å². The number of nitrogens with zero attached hydrogens (tertiary/aromatic N) is 2. The predicted octanol–water partition coefficient (Wildman–Crippen LogP) is 4.49. The van der Waals surface area contributed by atoms with Crippen molar-refractivity contribution in [2.45, 2.75) is 0 Å². The van der Waals surface area contributed by atoms with Crippen molar-refractivity contribution in [1.82, 2.24) is 9.97 Å². The van der Waals surface area contributed by atoms with Crippen LogP contribution in [0.1, 0.15) is 10.4 Å². The van der Waals surface area contributed by atoms with Crippen LogP contribution in [-0.2, 0) is 0 Å². The van der Waals surface area contributed by atoms with Gasteiger partial charge in [0.25, 0.3) is 0 Å². The minimum Gasteiger partial charge on any atom is -0.366 e. The van der Waals surface area contributed by atoms with Gasteiger partial charge in [0.05, 0.1) is 5.56 Å². The first-order valence-electron chi connectivity index (χ1n) is 6.95. The average molecular weight is 380 g/mol. The quantitative estimate of drug-likeness (QED) is 0.681. The molecule has 0 aliphatic rings. The Balaban J connectivity index is 2.35. The number of rotatable bonds is 3. The van der Waals surface area contributed by atoms with Gasteiger partial charge in [-0.25, -0.2) is 18.7 Å². The summed E-state index contributed by atoms with van der Waals surface area (Å²) in [5.74, 6) is -2.47. The van der Waals surface area contributed by atoms with E-state index in [4.69, 9.17) is 28.9 Å². The zero-order valence-electron chi connectivity index (χ0n) is 12.4. The largest absolute Gasteiger partial charge is 0.366 e. The number of nitrogens with two attached hydrogens (primary N) is 1. The summed E-state index contributed by atoms with van der Waals surface area (Å²) in [5, 5.41) is -0.701. The van der Waals surface area contributed by atoms with E-state index in [2.05, 4.69) is 9.97 Å². The number of carbonyl (C=O) groups is 1. The first-order valence-corrected chi connectivity index (χ1v) is 7.71. The molecule has 0 radical (unpaired) electrons. The lowest BCUT2D eigenvalue weighted by molar-refractivity contribution is 0.100. The number of amides is 1. The zero-order valence-corrected chi connectivity index (χ0v) is 13.9. The summed E-state index contributed by atoms with van der Waals surface area (Å²) in [6, 6.07) is 7.21. The number of hydrogen-bond donors (Lipinski definition) is 1. The number of primary amides is 1. The molecule has 2 heterocycles. The fraction of sp³-hybridized carbons (Fsp3) is 0. The Morgan fingerprint density at radius 2 is 1.28 bits per heavy atom. The van der Waals surface area contributed by atoms with Crippen LogP contribution >= 0.6 is 23.2 Å². The molecule has 126 valence electrons.